The highest BCUT2D eigenvalue weighted by Crippen LogP contribution is 2.36. The van der Waals surface area contributed by atoms with E-state index < -0.39 is 11.6 Å². The van der Waals surface area contributed by atoms with E-state index in [2.05, 4.69) is 13.8 Å². The Bertz CT molecular complexity index is 557. The third-order valence-corrected chi connectivity index (χ3v) is 3.68. The Kier molecular flexibility index (Phi) is 4.32. The average molecular weight is 303 g/mol. The van der Waals surface area contributed by atoms with Crippen LogP contribution in [0, 0.1) is 5.41 Å². The normalized spacial score (nSPS) is 20.8. The van der Waals surface area contributed by atoms with E-state index in [4.69, 9.17) is 4.74 Å². The number of hydrogen-bond acceptors (Lipinski definition) is 3. The SMILES string of the molecule is CC1(C)CC(C(=O)OC(C)(C)C)N(C(=O)c2ccccc2)C1. The van der Waals surface area contributed by atoms with Crippen molar-refractivity contribution in [2.45, 2.75) is 52.7 Å². The first-order chi connectivity index (χ1) is 10.1. The number of nitrogens with zero attached hydrogens (tertiary/aromatic N) is 1. The van der Waals surface area contributed by atoms with E-state index in [1.807, 2.05) is 39.0 Å². The molecule has 1 aliphatic heterocycles. The minimum Gasteiger partial charge on any atom is -0.458 e. The Labute approximate surface area is 132 Å². The molecule has 4 heteroatoms. The van der Waals surface area contributed by atoms with Gasteiger partial charge in [0.1, 0.15) is 11.6 Å². The summed E-state index contributed by atoms with van der Waals surface area (Å²) in [6.45, 7) is 10.2. The number of rotatable bonds is 2. The number of hydrogen-bond donors (Lipinski definition) is 0. The molecule has 1 amide bonds. The maximum absolute atomic E-state index is 12.7. The highest BCUT2D eigenvalue weighted by Gasteiger charge is 2.45. The van der Waals surface area contributed by atoms with Crippen molar-refractivity contribution in [3.8, 4) is 0 Å². The van der Waals surface area contributed by atoms with Gasteiger partial charge in [-0.05, 0) is 44.7 Å². The lowest BCUT2D eigenvalue weighted by Crippen LogP contribution is -2.43. The van der Waals surface area contributed by atoms with Gasteiger partial charge in [0.15, 0.2) is 0 Å². The number of benzene rings is 1. The Hall–Kier alpha value is -1.84. The molecule has 120 valence electrons. The predicted octanol–water partition coefficient (Wildman–Crippen LogP) is 3.27. The van der Waals surface area contributed by atoms with Crippen molar-refractivity contribution in [3.63, 3.8) is 0 Å². The van der Waals surface area contributed by atoms with Crippen LogP contribution in [0.15, 0.2) is 30.3 Å². The van der Waals surface area contributed by atoms with Gasteiger partial charge < -0.3 is 9.64 Å². The molecule has 4 nitrogen and oxygen atoms in total. The zero-order valence-corrected chi connectivity index (χ0v) is 14.1. The second-order valence-corrected chi connectivity index (χ2v) is 7.72. The largest absolute Gasteiger partial charge is 0.458 e. The van der Waals surface area contributed by atoms with E-state index in [0.29, 0.717) is 18.5 Å². The van der Waals surface area contributed by atoms with Crippen molar-refractivity contribution >= 4 is 11.9 Å². The van der Waals surface area contributed by atoms with Crippen molar-refractivity contribution in [1.29, 1.82) is 0 Å². The molecular formula is C18H25NO3. The second kappa shape index (κ2) is 5.75. The monoisotopic (exact) mass is 303 g/mol. The molecule has 1 aromatic rings. The Morgan fingerprint density at radius 1 is 1.18 bits per heavy atom. The zero-order valence-electron chi connectivity index (χ0n) is 14.1. The van der Waals surface area contributed by atoms with Crippen molar-refractivity contribution in [1.82, 2.24) is 4.90 Å². The molecular weight excluding hydrogens is 278 g/mol. The molecule has 1 aromatic carbocycles. The molecule has 0 N–H and O–H groups in total. The van der Waals surface area contributed by atoms with E-state index in [1.54, 1.807) is 17.0 Å². The number of carbonyl (C=O) groups is 2. The molecule has 0 aromatic heterocycles. The van der Waals surface area contributed by atoms with Gasteiger partial charge in [-0.1, -0.05) is 32.0 Å². The fourth-order valence-electron chi connectivity index (χ4n) is 2.81. The standard InChI is InChI=1S/C18H25NO3/c1-17(2,3)22-16(21)14-11-18(4,5)12-19(14)15(20)13-9-7-6-8-10-13/h6-10,14H,11-12H2,1-5H3. The Morgan fingerprint density at radius 2 is 1.77 bits per heavy atom. The van der Waals surface area contributed by atoms with Crippen LogP contribution in [0.4, 0.5) is 0 Å². The summed E-state index contributed by atoms with van der Waals surface area (Å²) in [5.41, 5.74) is -0.0362. The first-order valence-electron chi connectivity index (χ1n) is 7.68. The van der Waals surface area contributed by atoms with Crippen LogP contribution in [0.3, 0.4) is 0 Å². The zero-order chi connectivity index (χ0) is 16.5. The summed E-state index contributed by atoms with van der Waals surface area (Å²) < 4.78 is 5.50. The molecule has 0 saturated carbocycles. The molecule has 1 heterocycles. The second-order valence-electron chi connectivity index (χ2n) is 7.72. The fourth-order valence-corrected chi connectivity index (χ4v) is 2.81. The summed E-state index contributed by atoms with van der Waals surface area (Å²) in [5.74, 6) is -0.426. The number of likely N-dealkylation sites (tertiary alicyclic amines) is 1. The first-order valence-corrected chi connectivity index (χ1v) is 7.68. The van der Waals surface area contributed by atoms with Gasteiger partial charge in [-0.15, -0.1) is 0 Å². The van der Waals surface area contributed by atoms with Crippen LogP contribution < -0.4 is 0 Å². The van der Waals surface area contributed by atoms with Gasteiger partial charge >= 0.3 is 5.97 Å². The molecule has 1 aliphatic rings. The van der Waals surface area contributed by atoms with Crippen LogP contribution in [0.5, 0.6) is 0 Å². The molecule has 1 atom stereocenters. The molecule has 1 fully saturated rings. The molecule has 0 aliphatic carbocycles. The van der Waals surface area contributed by atoms with E-state index in [1.165, 1.54) is 0 Å². The summed E-state index contributed by atoms with van der Waals surface area (Å²) in [6.07, 6.45) is 0.625. The molecule has 2 rings (SSSR count). The number of carbonyl (C=O) groups excluding carboxylic acids is 2. The van der Waals surface area contributed by atoms with Crippen molar-refractivity contribution in [3.05, 3.63) is 35.9 Å². The summed E-state index contributed by atoms with van der Waals surface area (Å²) in [5, 5.41) is 0. The highest BCUT2D eigenvalue weighted by atomic mass is 16.6. The molecule has 0 bridgehead atoms. The summed E-state index contributed by atoms with van der Waals surface area (Å²) in [7, 11) is 0. The Balaban J connectivity index is 2.24. The van der Waals surface area contributed by atoms with Crippen LogP contribution in [0.2, 0.25) is 0 Å². The van der Waals surface area contributed by atoms with Gasteiger partial charge in [-0.2, -0.15) is 0 Å². The lowest BCUT2D eigenvalue weighted by atomic mass is 9.91. The maximum Gasteiger partial charge on any atom is 0.329 e. The van der Waals surface area contributed by atoms with Gasteiger partial charge in [-0.25, -0.2) is 4.79 Å². The Morgan fingerprint density at radius 3 is 2.32 bits per heavy atom. The lowest BCUT2D eigenvalue weighted by molar-refractivity contribution is -0.159. The van der Waals surface area contributed by atoms with Gasteiger partial charge in [0.25, 0.3) is 5.91 Å². The molecule has 1 saturated heterocycles. The predicted molar refractivity (Wildman–Crippen MR) is 85.5 cm³/mol. The van der Waals surface area contributed by atoms with Crippen LogP contribution in [0.1, 0.15) is 51.4 Å². The van der Waals surface area contributed by atoms with E-state index in [0.717, 1.165) is 0 Å². The van der Waals surface area contributed by atoms with Gasteiger partial charge in [0.05, 0.1) is 0 Å². The van der Waals surface area contributed by atoms with Crippen LogP contribution >= 0.6 is 0 Å². The van der Waals surface area contributed by atoms with Gasteiger partial charge in [0.2, 0.25) is 0 Å². The lowest BCUT2D eigenvalue weighted by Gasteiger charge is -2.27. The minimum atomic E-state index is -0.550. The summed E-state index contributed by atoms with van der Waals surface area (Å²) >= 11 is 0. The van der Waals surface area contributed by atoms with Crippen LogP contribution in [-0.2, 0) is 9.53 Å². The number of ether oxygens (including phenoxy) is 1. The maximum atomic E-state index is 12.7. The van der Waals surface area contributed by atoms with Crippen LogP contribution in [0.25, 0.3) is 0 Å². The average Bonchev–Trinajstić information content (AvgIpc) is 2.73. The summed E-state index contributed by atoms with van der Waals surface area (Å²) in [6, 6.07) is 8.57. The fraction of sp³-hybridized carbons (Fsp3) is 0.556. The van der Waals surface area contributed by atoms with Gasteiger partial charge in [-0.3, -0.25) is 4.79 Å². The van der Waals surface area contributed by atoms with Gasteiger partial charge in [0, 0.05) is 12.1 Å². The first kappa shape index (κ1) is 16.5. The van der Waals surface area contributed by atoms with E-state index in [9.17, 15) is 9.59 Å². The third kappa shape index (κ3) is 3.87. The third-order valence-electron chi connectivity index (χ3n) is 3.68. The topological polar surface area (TPSA) is 46.6 Å². The molecule has 0 radical (unpaired) electrons. The quantitative estimate of drug-likeness (QED) is 0.788. The van der Waals surface area contributed by atoms with Crippen LogP contribution in [-0.4, -0.2) is 35.0 Å². The van der Waals surface area contributed by atoms with Crippen molar-refractivity contribution in [2.75, 3.05) is 6.54 Å². The van der Waals surface area contributed by atoms with E-state index >= 15 is 0 Å². The number of amides is 1. The highest BCUT2D eigenvalue weighted by molar-refractivity contribution is 5.97. The van der Waals surface area contributed by atoms with Crippen molar-refractivity contribution < 1.29 is 14.3 Å². The molecule has 0 spiro atoms. The summed E-state index contributed by atoms with van der Waals surface area (Å²) in [4.78, 5) is 26.9. The van der Waals surface area contributed by atoms with Crippen molar-refractivity contribution in [2.24, 2.45) is 5.41 Å². The molecule has 22 heavy (non-hydrogen) atoms. The smallest absolute Gasteiger partial charge is 0.329 e. The molecule has 1 unspecified atom stereocenters. The minimum absolute atomic E-state index is 0.0913. The number of esters is 1. The van der Waals surface area contributed by atoms with E-state index in [-0.39, 0.29) is 17.3 Å².